The highest BCUT2D eigenvalue weighted by molar-refractivity contribution is 5.78. The molecule has 1 atom stereocenters. The first-order chi connectivity index (χ1) is 9.04. The minimum Gasteiger partial charge on any atom is -0.355 e. The van der Waals surface area contributed by atoms with Gasteiger partial charge in [0.25, 0.3) is 0 Å². The number of likely N-dealkylation sites (N-methyl/N-ethyl adjacent to an activating group) is 1. The number of hydrogen-bond acceptors (Lipinski definition) is 3. The van der Waals surface area contributed by atoms with Gasteiger partial charge in [-0.3, -0.25) is 9.69 Å². The summed E-state index contributed by atoms with van der Waals surface area (Å²) in [4.78, 5) is 13.8. The minimum absolute atomic E-state index is 0.0468. The second-order valence-corrected chi connectivity index (χ2v) is 5.28. The molecule has 0 fully saturated rings. The predicted molar refractivity (Wildman–Crippen MR) is 78.7 cm³/mol. The van der Waals surface area contributed by atoms with Crippen molar-refractivity contribution in [3.8, 4) is 0 Å². The molecule has 1 aromatic rings. The van der Waals surface area contributed by atoms with E-state index in [2.05, 4.69) is 19.2 Å². The Kier molecular flexibility index (Phi) is 6.53. The molecule has 0 heterocycles. The highest BCUT2D eigenvalue weighted by atomic mass is 16.2. The maximum absolute atomic E-state index is 11.8. The van der Waals surface area contributed by atoms with Gasteiger partial charge in [-0.1, -0.05) is 44.2 Å². The number of rotatable bonds is 7. The van der Waals surface area contributed by atoms with Crippen LogP contribution in [-0.2, 0) is 4.79 Å². The zero-order chi connectivity index (χ0) is 14.3. The first-order valence-electron chi connectivity index (χ1n) is 6.76. The van der Waals surface area contributed by atoms with Crippen molar-refractivity contribution in [3.05, 3.63) is 35.9 Å². The van der Waals surface area contributed by atoms with Crippen molar-refractivity contribution >= 4 is 5.91 Å². The highest BCUT2D eigenvalue weighted by Gasteiger charge is 2.17. The number of carbonyl (C=O) groups excluding carboxylic acids is 1. The summed E-state index contributed by atoms with van der Waals surface area (Å²) in [6.07, 6.45) is 0. The van der Waals surface area contributed by atoms with Crippen LogP contribution in [0.25, 0.3) is 0 Å². The fourth-order valence-corrected chi connectivity index (χ4v) is 1.96. The molecule has 1 unspecified atom stereocenters. The van der Waals surface area contributed by atoms with Gasteiger partial charge in [0.05, 0.1) is 6.54 Å². The number of nitrogens with two attached hydrogens (primary N) is 1. The van der Waals surface area contributed by atoms with Gasteiger partial charge in [0.2, 0.25) is 5.91 Å². The molecule has 0 bridgehead atoms. The van der Waals surface area contributed by atoms with Crippen molar-refractivity contribution in [2.75, 3.05) is 26.7 Å². The molecule has 1 rings (SSSR count). The summed E-state index contributed by atoms with van der Waals surface area (Å²) in [5.74, 6) is 0.513. The maximum atomic E-state index is 11.8. The lowest BCUT2D eigenvalue weighted by atomic mass is 10.1. The lowest BCUT2D eigenvalue weighted by molar-refractivity contribution is -0.122. The van der Waals surface area contributed by atoms with Crippen LogP contribution in [0.2, 0.25) is 0 Å². The molecular formula is C15H25N3O. The molecule has 0 spiro atoms. The monoisotopic (exact) mass is 263 g/mol. The van der Waals surface area contributed by atoms with E-state index in [1.54, 1.807) is 0 Å². The zero-order valence-electron chi connectivity index (χ0n) is 12.1. The summed E-state index contributed by atoms with van der Waals surface area (Å²) in [5.41, 5.74) is 6.97. The Labute approximate surface area is 116 Å². The average Bonchev–Trinajstić information content (AvgIpc) is 2.38. The fraction of sp³-hybridized carbons (Fsp3) is 0.533. The first kappa shape index (κ1) is 15.7. The van der Waals surface area contributed by atoms with Crippen LogP contribution in [0.1, 0.15) is 25.5 Å². The number of nitrogens with one attached hydrogen (secondary N) is 1. The second kappa shape index (κ2) is 7.92. The molecule has 0 aliphatic carbocycles. The smallest absolute Gasteiger partial charge is 0.234 e. The molecule has 19 heavy (non-hydrogen) atoms. The van der Waals surface area contributed by atoms with Crippen molar-refractivity contribution in [1.82, 2.24) is 10.2 Å². The predicted octanol–water partition coefficient (Wildman–Crippen LogP) is 1.39. The van der Waals surface area contributed by atoms with Gasteiger partial charge < -0.3 is 11.1 Å². The van der Waals surface area contributed by atoms with Gasteiger partial charge in [0, 0.05) is 19.1 Å². The Balaban J connectivity index is 2.55. The molecule has 4 heteroatoms. The van der Waals surface area contributed by atoms with Crippen LogP contribution < -0.4 is 11.1 Å². The van der Waals surface area contributed by atoms with Crippen LogP contribution in [-0.4, -0.2) is 37.5 Å². The third-order valence-corrected chi connectivity index (χ3v) is 3.04. The molecule has 0 aromatic heterocycles. The lowest BCUT2D eigenvalue weighted by Crippen LogP contribution is -2.40. The summed E-state index contributed by atoms with van der Waals surface area (Å²) in [5, 5.41) is 2.92. The number of amides is 1. The minimum atomic E-state index is 0.0468. The van der Waals surface area contributed by atoms with E-state index in [0.29, 0.717) is 25.6 Å². The third kappa shape index (κ3) is 5.41. The van der Waals surface area contributed by atoms with Crippen LogP contribution in [0, 0.1) is 5.92 Å². The average molecular weight is 263 g/mol. The van der Waals surface area contributed by atoms with Crippen molar-refractivity contribution < 1.29 is 4.79 Å². The van der Waals surface area contributed by atoms with Gasteiger partial charge in [-0.05, 0) is 18.5 Å². The van der Waals surface area contributed by atoms with E-state index in [-0.39, 0.29) is 11.9 Å². The number of carbonyl (C=O) groups is 1. The van der Waals surface area contributed by atoms with Gasteiger partial charge in [-0.25, -0.2) is 0 Å². The van der Waals surface area contributed by atoms with E-state index < -0.39 is 0 Å². The summed E-state index contributed by atoms with van der Waals surface area (Å²) in [6, 6.07) is 10.1. The van der Waals surface area contributed by atoms with E-state index >= 15 is 0 Å². The standard InChI is InChI=1S/C15H25N3O/c1-12(2)10-17-15(19)11-18(3)14(9-16)13-7-5-4-6-8-13/h4-8,12,14H,9-11,16H2,1-3H3,(H,17,19). The van der Waals surface area contributed by atoms with Crippen LogP contribution in [0.15, 0.2) is 30.3 Å². The number of nitrogens with zero attached hydrogens (tertiary/aromatic N) is 1. The molecule has 3 N–H and O–H groups in total. The quantitative estimate of drug-likeness (QED) is 0.781. The van der Waals surface area contributed by atoms with E-state index in [0.717, 1.165) is 5.56 Å². The second-order valence-electron chi connectivity index (χ2n) is 5.28. The fourth-order valence-electron chi connectivity index (χ4n) is 1.96. The molecule has 0 saturated heterocycles. The molecule has 0 aliphatic heterocycles. The molecule has 1 aromatic carbocycles. The van der Waals surface area contributed by atoms with Crippen LogP contribution in [0.3, 0.4) is 0 Å². The van der Waals surface area contributed by atoms with Crippen LogP contribution in [0.4, 0.5) is 0 Å². The Morgan fingerprint density at radius 3 is 2.47 bits per heavy atom. The third-order valence-electron chi connectivity index (χ3n) is 3.04. The Morgan fingerprint density at radius 1 is 1.32 bits per heavy atom. The van der Waals surface area contributed by atoms with E-state index in [1.165, 1.54) is 0 Å². The summed E-state index contributed by atoms with van der Waals surface area (Å²) >= 11 is 0. The maximum Gasteiger partial charge on any atom is 0.234 e. The SMILES string of the molecule is CC(C)CNC(=O)CN(C)C(CN)c1ccccc1. The van der Waals surface area contributed by atoms with Gasteiger partial charge in [-0.2, -0.15) is 0 Å². The number of benzene rings is 1. The summed E-state index contributed by atoms with van der Waals surface area (Å²) in [6.45, 7) is 5.74. The highest BCUT2D eigenvalue weighted by Crippen LogP contribution is 2.17. The van der Waals surface area contributed by atoms with Crippen molar-refractivity contribution in [2.24, 2.45) is 11.7 Å². The number of hydrogen-bond donors (Lipinski definition) is 2. The molecule has 0 radical (unpaired) electrons. The molecular weight excluding hydrogens is 238 g/mol. The Hall–Kier alpha value is -1.39. The Morgan fingerprint density at radius 2 is 1.95 bits per heavy atom. The van der Waals surface area contributed by atoms with Gasteiger partial charge in [0.1, 0.15) is 0 Å². The summed E-state index contributed by atoms with van der Waals surface area (Å²) < 4.78 is 0. The van der Waals surface area contributed by atoms with E-state index in [1.807, 2.05) is 42.3 Å². The molecule has 106 valence electrons. The van der Waals surface area contributed by atoms with Crippen molar-refractivity contribution in [1.29, 1.82) is 0 Å². The molecule has 0 aliphatic rings. The van der Waals surface area contributed by atoms with Crippen LogP contribution in [0.5, 0.6) is 0 Å². The lowest BCUT2D eigenvalue weighted by Gasteiger charge is -2.26. The van der Waals surface area contributed by atoms with Crippen molar-refractivity contribution in [3.63, 3.8) is 0 Å². The van der Waals surface area contributed by atoms with Gasteiger partial charge >= 0.3 is 0 Å². The van der Waals surface area contributed by atoms with Gasteiger partial charge in [0.15, 0.2) is 0 Å². The Bertz CT molecular complexity index is 378. The molecule has 4 nitrogen and oxygen atoms in total. The van der Waals surface area contributed by atoms with E-state index in [4.69, 9.17) is 5.73 Å². The normalized spacial score (nSPS) is 12.7. The summed E-state index contributed by atoms with van der Waals surface area (Å²) in [7, 11) is 1.93. The first-order valence-corrected chi connectivity index (χ1v) is 6.76. The largest absolute Gasteiger partial charge is 0.355 e. The molecule has 1 amide bonds. The topological polar surface area (TPSA) is 58.4 Å². The zero-order valence-corrected chi connectivity index (χ0v) is 12.1. The van der Waals surface area contributed by atoms with Crippen LogP contribution >= 0.6 is 0 Å². The van der Waals surface area contributed by atoms with Crippen molar-refractivity contribution in [2.45, 2.75) is 19.9 Å². The van der Waals surface area contributed by atoms with Gasteiger partial charge in [-0.15, -0.1) is 0 Å². The van der Waals surface area contributed by atoms with E-state index in [9.17, 15) is 4.79 Å². The molecule has 0 saturated carbocycles.